The highest BCUT2D eigenvalue weighted by Crippen LogP contribution is 2.12. The fourth-order valence-electron chi connectivity index (χ4n) is 2.07. The second-order valence-electron chi connectivity index (χ2n) is 6.78. The van der Waals surface area contributed by atoms with Crippen LogP contribution in [0.15, 0.2) is 0 Å². The fraction of sp³-hybridized carbons (Fsp3) is 0.938. The third kappa shape index (κ3) is 8.54. The number of rotatable bonds is 10. The van der Waals surface area contributed by atoms with Crippen molar-refractivity contribution >= 4 is 5.91 Å². The third-order valence-corrected chi connectivity index (χ3v) is 3.68. The molecule has 0 aromatic heterocycles. The molecule has 0 rings (SSSR count). The van der Waals surface area contributed by atoms with Crippen LogP contribution in [-0.4, -0.2) is 55.5 Å². The first-order valence-corrected chi connectivity index (χ1v) is 7.92. The Morgan fingerprint density at radius 2 is 1.45 bits per heavy atom. The van der Waals surface area contributed by atoms with Gasteiger partial charge >= 0.3 is 0 Å². The molecule has 0 aliphatic rings. The lowest BCUT2D eigenvalue weighted by Gasteiger charge is -2.32. The van der Waals surface area contributed by atoms with Gasteiger partial charge in [0.05, 0.1) is 0 Å². The Morgan fingerprint density at radius 3 is 1.75 bits per heavy atom. The summed E-state index contributed by atoms with van der Waals surface area (Å²) in [6, 6.07) is 0.169. The van der Waals surface area contributed by atoms with Gasteiger partial charge < -0.3 is 10.6 Å². The highest BCUT2D eigenvalue weighted by Gasteiger charge is 2.21. The number of hydrogen-bond acceptors (Lipinski definition) is 3. The molecule has 0 radical (unpaired) electrons. The van der Waals surface area contributed by atoms with E-state index in [-0.39, 0.29) is 11.9 Å². The van der Waals surface area contributed by atoms with Crippen molar-refractivity contribution in [1.82, 2.24) is 9.80 Å². The predicted octanol–water partition coefficient (Wildman–Crippen LogP) is 2.19. The summed E-state index contributed by atoms with van der Waals surface area (Å²) in [5.41, 5.74) is 5.92. The number of carbonyl (C=O) groups excluding carboxylic acids is 1. The average Bonchev–Trinajstić information content (AvgIpc) is 2.35. The first kappa shape index (κ1) is 19.4. The van der Waals surface area contributed by atoms with E-state index in [9.17, 15) is 4.79 Å². The van der Waals surface area contributed by atoms with Crippen LogP contribution < -0.4 is 5.73 Å². The SMILES string of the molecule is CC(C)CCN(CCC(C)C)C(CN)CC(=O)N(C)C. The molecular weight excluding hydrogens is 250 g/mol. The van der Waals surface area contributed by atoms with Gasteiger partial charge in [0.15, 0.2) is 0 Å². The quantitative estimate of drug-likeness (QED) is 0.669. The first-order chi connectivity index (χ1) is 9.27. The molecule has 0 spiro atoms. The molecule has 0 fully saturated rings. The molecule has 1 amide bonds. The predicted molar refractivity (Wildman–Crippen MR) is 86.6 cm³/mol. The number of nitrogens with two attached hydrogens (primary N) is 1. The lowest BCUT2D eigenvalue weighted by atomic mass is 10.0. The Bertz CT molecular complexity index is 252. The standard InChI is InChI=1S/C16H35N3O/c1-13(2)7-9-19(10-8-14(3)4)15(12-17)11-16(20)18(5)6/h13-15H,7-12,17H2,1-6H3. The molecule has 0 aromatic rings. The van der Waals surface area contributed by atoms with Crippen molar-refractivity contribution in [3.05, 3.63) is 0 Å². The summed E-state index contributed by atoms with van der Waals surface area (Å²) in [6.07, 6.45) is 2.84. The maximum absolute atomic E-state index is 11.9. The maximum atomic E-state index is 11.9. The first-order valence-electron chi connectivity index (χ1n) is 7.92. The van der Waals surface area contributed by atoms with Gasteiger partial charge in [0.2, 0.25) is 5.91 Å². The van der Waals surface area contributed by atoms with E-state index in [0.717, 1.165) is 25.9 Å². The van der Waals surface area contributed by atoms with E-state index >= 15 is 0 Å². The molecule has 0 aromatic carbocycles. The molecule has 1 unspecified atom stereocenters. The largest absolute Gasteiger partial charge is 0.349 e. The lowest BCUT2D eigenvalue weighted by molar-refractivity contribution is -0.130. The molecule has 0 aliphatic heterocycles. The topological polar surface area (TPSA) is 49.6 Å². The van der Waals surface area contributed by atoms with Crippen molar-refractivity contribution in [3.8, 4) is 0 Å². The van der Waals surface area contributed by atoms with Gasteiger partial charge in [0.25, 0.3) is 0 Å². The molecule has 0 saturated heterocycles. The minimum Gasteiger partial charge on any atom is -0.349 e. The van der Waals surface area contributed by atoms with Gasteiger partial charge in [-0.25, -0.2) is 0 Å². The monoisotopic (exact) mass is 285 g/mol. The van der Waals surface area contributed by atoms with Crippen LogP contribution in [0.2, 0.25) is 0 Å². The smallest absolute Gasteiger partial charge is 0.223 e. The van der Waals surface area contributed by atoms with Crippen LogP contribution in [-0.2, 0) is 4.79 Å². The fourth-order valence-corrected chi connectivity index (χ4v) is 2.07. The van der Waals surface area contributed by atoms with Crippen LogP contribution in [0.5, 0.6) is 0 Å². The van der Waals surface area contributed by atoms with Crippen molar-refractivity contribution < 1.29 is 4.79 Å². The zero-order valence-corrected chi connectivity index (χ0v) is 14.4. The van der Waals surface area contributed by atoms with Crippen LogP contribution in [0.4, 0.5) is 0 Å². The summed E-state index contributed by atoms with van der Waals surface area (Å²) in [5, 5.41) is 0. The molecule has 2 N–H and O–H groups in total. The van der Waals surface area contributed by atoms with Gasteiger partial charge in [-0.3, -0.25) is 9.69 Å². The van der Waals surface area contributed by atoms with Crippen molar-refractivity contribution in [2.45, 2.75) is 53.0 Å². The lowest BCUT2D eigenvalue weighted by Crippen LogP contribution is -2.45. The molecule has 20 heavy (non-hydrogen) atoms. The zero-order valence-electron chi connectivity index (χ0n) is 14.4. The van der Waals surface area contributed by atoms with Crippen molar-refractivity contribution in [3.63, 3.8) is 0 Å². The van der Waals surface area contributed by atoms with E-state index in [0.29, 0.717) is 24.8 Å². The van der Waals surface area contributed by atoms with Crippen molar-refractivity contribution in [2.75, 3.05) is 33.7 Å². The molecule has 120 valence electrons. The van der Waals surface area contributed by atoms with Gasteiger partial charge in [-0.1, -0.05) is 27.7 Å². The van der Waals surface area contributed by atoms with Crippen LogP contribution in [0.3, 0.4) is 0 Å². The van der Waals surface area contributed by atoms with E-state index in [1.54, 1.807) is 4.90 Å². The molecule has 0 heterocycles. The second kappa shape index (κ2) is 10.2. The summed E-state index contributed by atoms with van der Waals surface area (Å²) in [5.74, 6) is 1.53. The van der Waals surface area contributed by atoms with E-state index < -0.39 is 0 Å². The van der Waals surface area contributed by atoms with Gasteiger partial charge in [0.1, 0.15) is 0 Å². The van der Waals surface area contributed by atoms with Gasteiger partial charge in [-0.15, -0.1) is 0 Å². The number of hydrogen-bond donors (Lipinski definition) is 1. The van der Waals surface area contributed by atoms with Crippen molar-refractivity contribution in [1.29, 1.82) is 0 Å². The van der Waals surface area contributed by atoms with E-state index in [2.05, 4.69) is 32.6 Å². The normalized spacial score (nSPS) is 13.3. The highest BCUT2D eigenvalue weighted by atomic mass is 16.2. The minimum atomic E-state index is 0.166. The highest BCUT2D eigenvalue weighted by molar-refractivity contribution is 5.76. The Kier molecular flexibility index (Phi) is 9.86. The second-order valence-corrected chi connectivity index (χ2v) is 6.78. The van der Waals surface area contributed by atoms with E-state index in [4.69, 9.17) is 5.73 Å². The molecule has 1 atom stereocenters. The number of carbonyl (C=O) groups is 1. The van der Waals surface area contributed by atoms with E-state index in [1.165, 1.54) is 0 Å². The Balaban J connectivity index is 4.61. The Labute approximate surface area is 125 Å². The van der Waals surface area contributed by atoms with Gasteiger partial charge in [-0.2, -0.15) is 0 Å². The molecule has 0 saturated carbocycles. The number of nitrogens with zero attached hydrogens (tertiary/aromatic N) is 2. The summed E-state index contributed by atoms with van der Waals surface area (Å²) in [7, 11) is 3.62. The number of amides is 1. The molecule has 4 heteroatoms. The van der Waals surface area contributed by atoms with Crippen LogP contribution in [0.1, 0.15) is 47.0 Å². The van der Waals surface area contributed by atoms with Crippen LogP contribution in [0, 0.1) is 11.8 Å². The molecule has 4 nitrogen and oxygen atoms in total. The van der Waals surface area contributed by atoms with Gasteiger partial charge in [-0.05, 0) is 37.8 Å². The average molecular weight is 285 g/mol. The zero-order chi connectivity index (χ0) is 15.7. The van der Waals surface area contributed by atoms with Gasteiger partial charge in [0, 0.05) is 33.1 Å². The Morgan fingerprint density at radius 1 is 1.00 bits per heavy atom. The molecule has 0 bridgehead atoms. The Hall–Kier alpha value is -0.610. The maximum Gasteiger partial charge on any atom is 0.223 e. The van der Waals surface area contributed by atoms with Crippen LogP contribution in [0.25, 0.3) is 0 Å². The van der Waals surface area contributed by atoms with Crippen LogP contribution >= 0.6 is 0 Å². The summed E-state index contributed by atoms with van der Waals surface area (Å²) in [4.78, 5) is 16.0. The summed E-state index contributed by atoms with van der Waals surface area (Å²) >= 11 is 0. The minimum absolute atomic E-state index is 0.166. The third-order valence-electron chi connectivity index (χ3n) is 3.68. The van der Waals surface area contributed by atoms with Crippen molar-refractivity contribution in [2.24, 2.45) is 17.6 Å². The summed E-state index contributed by atoms with van der Waals surface area (Å²) < 4.78 is 0. The van der Waals surface area contributed by atoms with E-state index in [1.807, 2.05) is 14.1 Å². The molecule has 0 aliphatic carbocycles. The summed E-state index contributed by atoms with van der Waals surface area (Å²) in [6.45, 7) is 11.6. The molecular formula is C16H35N3O.